The summed E-state index contributed by atoms with van der Waals surface area (Å²) in [5.74, 6) is 0.243. The molecule has 0 radical (unpaired) electrons. The highest BCUT2D eigenvalue weighted by Gasteiger charge is 2.27. The second-order valence-corrected chi connectivity index (χ2v) is 6.26. The molecule has 3 atom stereocenters. The number of rotatable bonds is 6. The van der Waals surface area contributed by atoms with Crippen molar-refractivity contribution in [1.29, 1.82) is 0 Å². The second kappa shape index (κ2) is 8.15. The van der Waals surface area contributed by atoms with Gasteiger partial charge in [-0.2, -0.15) is 0 Å². The Labute approximate surface area is 136 Å². The van der Waals surface area contributed by atoms with Gasteiger partial charge in [0.25, 0.3) is 0 Å². The van der Waals surface area contributed by atoms with Gasteiger partial charge >= 0.3 is 6.03 Å². The van der Waals surface area contributed by atoms with Crippen LogP contribution in [0.1, 0.15) is 26.2 Å². The summed E-state index contributed by atoms with van der Waals surface area (Å²) in [4.78, 5) is 13.7. The van der Waals surface area contributed by atoms with Gasteiger partial charge < -0.3 is 20.1 Å². The van der Waals surface area contributed by atoms with Crippen molar-refractivity contribution in [1.82, 2.24) is 10.2 Å². The first kappa shape index (κ1) is 17.5. The number of nitrogens with zero attached hydrogens (tertiary/aromatic N) is 1. The maximum absolute atomic E-state index is 13.1. The van der Waals surface area contributed by atoms with Crippen molar-refractivity contribution in [3.63, 3.8) is 0 Å². The first-order chi connectivity index (χ1) is 11.0. The fourth-order valence-corrected chi connectivity index (χ4v) is 2.81. The standard InChI is InChI=1S/C17H25FN2O3/c1-12(11-23-15-7-4-6-14(18)9-15)19-17(22)20(2)10-13-5-3-8-16(13)21/h4,6-7,9,12-13,16,21H,3,5,8,10-11H2,1-2H3,(H,19,22)/t12-,13-,16-/m1/s1. The highest BCUT2D eigenvalue weighted by molar-refractivity contribution is 5.74. The molecule has 6 heteroatoms. The number of aliphatic hydroxyl groups excluding tert-OH is 1. The van der Waals surface area contributed by atoms with Crippen LogP contribution in [-0.2, 0) is 0 Å². The molecule has 2 N–H and O–H groups in total. The Morgan fingerprint density at radius 1 is 1.52 bits per heavy atom. The number of amides is 2. The van der Waals surface area contributed by atoms with Crippen molar-refractivity contribution in [2.24, 2.45) is 5.92 Å². The van der Waals surface area contributed by atoms with E-state index in [1.807, 2.05) is 6.92 Å². The van der Waals surface area contributed by atoms with Gasteiger partial charge in [0, 0.05) is 25.6 Å². The van der Waals surface area contributed by atoms with Crippen LogP contribution < -0.4 is 10.1 Å². The molecule has 0 aliphatic heterocycles. The van der Waals surface area contributed by atoms with Crippen molar-refractivity contribution in [3.05, 3.63) is 30.1 Å². The molecule has 1 aliphatic rings. The van der Waals surface area contributed by atoms with Crippen LogP contribution in [0.15, 0.2) is 24.3 Å². The van der Waals surface area contributed by atoms with Crippen LogP contribution in [0, 0.1) is 11.7 Å². The largest absolute Gasteiger partial charge is 0.491 e. The van der Waals surface area contributed by atoms with Gasteiger partial charge in [-0.3, -0.25) is 0 Å². The van der Waals surface area contributed by atoms with E-state index in [9.17, 15) is 14.3 Å². The number of hydrogen-bond acceptors (Lipinski definition) is 3. The fraction of sp³-hybridized carbons (Fsp3) is 0.588. The molecule has 5 nitrogen and oxygen atoms in total. The summed E-state index contributed by atoms with van der Waals surface area (Å²) >= 11 is 0. The third-order valence-electron chi connectivity index (χ3n) is 4.14. The van der Waals surface area contributed by atoms with Crippen LogP contribution >= 0.6 is 0 Å². The van der Waals surface area contributed by atoms with Crippen LogP contribution in [0.4, 0.5) is 9.18 Å². The second-order valence-electron chi connectivity index (χ2n) is 6.26. The van der Waals surface area contributed by atoms with E-state index in [0.29, 0.717) is 12.3 Å². The lowest BCUT2D eigenvalue weighted by Crippen LogP contribution is -2.46. The van der Waals surface area contributed by atoms with Gasteiger partial charge in [0.15, 0.2) is 0 Å². The minimum Gasteiger partial charge on any atom is -0.491 e. The number of urea groups is 1. The molecule has 1 aromatic carbocycles. The zero-order valence-corrected chi connectivity index (χ0v) is 13.7. The van der Waals surface area contributed by atoms with Crippen molar-refractivity contribution < 1.29 is 19.0 Å². The number of carbonyl (C=O) groups excluding carboxylic acids is 1. The first-order valence-corrected chi connectivity index (χ1v) is 8.03. The summed E-state index contributed by atoms with van der Waals surface area (Å²) in [5, 5.41) is 12.7. The van der Waals surface area contributed by atoms with Crippen LogP contribution in [-0.4, -0.2) is 48.4 Å². The molecular formula is C17H25FN2O3. The normalized spacial score (nSPS) is 21.7. The predicted molar refractivity (Wildman–Crippen MR) is 85.9 cm³/mol. The zero-order chi connectivity index (χ0) is 16.8. The number of nitrogens with one attached hydrogen (secondary N) is 1. The minimum absolute atomic E-state index is 0.157. The number of ether oxygens (including phenoxy) is 1. The quantitative estimate of drug-likeness (QED) is 0.845. The van der Waals surface area contributed by atoms with Crippen molar-refractivity contribution >= 4 is 6.03 Å². The Bertz CT molecular complexity index is 526. The number of benzene rings is 1. The highest BCUT2D eigenvalue weighted by atomic mass is 19.1. The average molecular weight is 324 g/mol. The van der Waals surface area contributed by atoms with Gasteiger partial charge in [-0.05, 0) is 31.9 Å². The van der Waals surface area contributed by atoms with E-state index >= 15 is 0 Å². The first-order valence-electron chi connectivity index (χ1n) is 8.03. The van der Waals surface area contributed by atoms with Gasteiger partial charge in [-0.15, -0.1) is 0 Å². The average Bonchev–Trinajstić information content (AvgIpc) is 2.90. The molecule has 0 aromatic heterocycles. The summed E-state index contributed by atoms with van der Waals surface area (Å²) < 4.78 is 18.5. The lowest BCUT2D eigenvalue weighted by Gasteiger charge is -2.25. The van der Waals surface area contributed by atoms with Crippen LogP contribution in [0.5, 0.6) is 5.75 Å². The van der Waals surface area contributed by atoms with Crippen molar-refractivity contribution in [3.8, 4) is 5.75 Å². The molecule has 0 unspecified atom stereocenters. The molecular weight excluding hydrogens is 299 g/mol. The number of halogens is 1. The predicted octanol–water partition coefficient (Wildman–Crippen LogP) is 2.40. The number of hydrogen-bond donors (Lipinski definition) is 2. The molecule has 0 saturated heterocycles. The van der Waals surface area contributed by atoms with Gasteiger partial charge in [-0.25, -0.2) is 9.18 Å². The molecule has 128 valence electrons. The Balaban J connectivity index is 1.73. The van der Waals surface area contributed by atoms with Crippen LogP contribution in [0.3, 0.4) is 0 Å². The number of aliphatic hydroxyl groups is 1. The lowest BCUT2D eigenvalue weighted by molar-refractivity contribution is 0.113. The summed E-state index contributed by atoms with van der Waals surface area (Å²) in [5.41, 5.74) is 0. The van der Waals surface area contributed by atoms with Gasteiger partial charge in [-0.1, -0.05) is 12.5 Å². The molecule has 1 saturated carbocycles. The maximum atomic E-state index is 13.1. The van der Waals surface area contributed by atoms with E-state index in [-0.39, 0.29) is 36.5 Å². The summed E-state index contributed by atoms with van der Waals surface area (Å²) in [6.07, 6.45) is 2.48. The van der Waals surface area contributed by atoms with Crippen molar-refractivity contribution in [2.45, 2.75) is 38.3 Å². The van der Waals surface area contributed by atoms with Crippen molar-refractivity contribution in [2.75, 3.05) is 20.2 Å². The third kappa shape index (κ3) is 5.39. The van der Waals surface area contributed by atoms with Gasteiger partial charge in [0.05, 0.1) is 12.1 Å². The van der Waals surface area contributed by atoms with E-state index in [0.717, 1.165) is 19.3 Å². The Morgan fingerprint density at radius 2 is 2.30 bits per heavy atom. The zero-order valence-electron chi connectivity index (χ0n) is 13.7. The maximum Gasteiger partial charge on any atom is 0.317 e. The van der Waals surface area contributed by atoms with E-state index < -0.39 is 0 Å². The fourth-order valence-electron chi connectivity index (χ4n) is 2.81. The summed E-state index contributed by atoms with van der Waals surface area (Å²) in [7, 11) is 1.72. The van der Waals surface area contributed by atoms with E-state index in [2.05, 4.69) is 5.32 Å². The Morgan fingerprint density at radius 3 is 2.96 bits per heavy atom. The van der Waals surface area contributed by atoms with E-state index in [1.165, 1.54) is 12.1 Å². The Hall–Kier alpha value is -1.82. The lowest BCUT2D eigenvalue weighted by atomic mass is 10.1. The molecule has 1 fully saturated rings. The molecule has 1 aromatic rings. The smallest absolute Gasteiger partial charge is 0.317 e. The molecule has 0 heterocycles. The van der Waals surface area contributed by atoms with E-state index in [4.69, 9.17) is 4.74 Å². The van der Waals surface area contributed by atoms with Gasteiger partial charge in [0.1, 0.15) is 18.2 Å². The van der Waals surface area contributed by atoms with Crippen LogP contribution in [0.25, 0.3) is 0 Å². The van der Waals surface area contributed by atoms with Gasteiger partial charge in [0.2, 0.25) is 0 Å². The molecule has 2 rings (SSSR count). The molecule has 23 heavy (non-hydrogen) atoms. The Kier molecular flexibility index (Phi) is 6.21. The molecule has 0 bridgehead atoms. The molecule has 1 aliphatic carbocycles. The highest BCUT2D eigenvalue weighted by Crippen LogP contribution is 2.25. The van der Waals surface area contributed by atoms with E-state index in [1.54, 1.807) is 24.1 Å². The summed E-state index contributed by atoms with van der Waals surface area (Å²) in [6, 6.07) is 5.51. The molecule has 2 amide bonds. The minimum atomic E-state index is -0.353. The SMILES string of the molecule is C[C@H](COc1cccc(F)c1)NC(=O)N(C)C[C@H]1CCC[C@H]1O. The molecule has 0 spiro atoms. The monoisotopic (exact) mass is 324 g/mol. The topological polar surface area (TPSA) is 61.8 Å². The van der Waals surface area contributed by atoms with Crippen LogP contribution in [0.2, 0.25) is 0 Å². The summed E-state index contributed by atoms with van der Waals surface area (Å²) in [6.45, 7) is 2.63. The third-order valence-corrected chi connectivity index (χ3v) is 4.14. The number of carbonyl (C=O) groups is 1.